The van der Waals surface area contributed by atoms with Crippen molar-refractivity contribution >= 4 is 17.3 Å². The third-order valence-electron chi connectivity index (χ3n) is 4.29. The van der Waals surface area contributed by atoms with Crippen molar-refractivity contribution in [1.82, 2.24) is 9.80 Å². The Labute approximate surface area is 126 Å². The molecule has 0 aromatic heterocycles. The van der Waals surface area contributed by atoms with Crippen LogP contribution in [0.3, 0.4) is 0 Å². The second-order valence-corrected chi connectivity index (χ2v) is 6.21. The van der Waals surface area contributed by atoms with Crippen LogP contribution in [0.5, 0.6) is 0 Å². The molecular weight excluding hydrogens is 264 g/mol. The number of para-hydroxylation sites is 2. The number of nitrogens with one attached hydrogen (secondary N) is 2. The van der Waals surface area contributed by atoms with Gasteiger partial charge in [0.05, 0.1) is 11.4 Å². The zero-order valence-electron chi connectivity index (χ0n) is 12.8. The number of hydrogen-bond acceptors (Lipinski definition) is 4. The largest absolute Gasteiger partial charge is 0.381 e. The van der Waals surface area contributed by atoms with Gasteiger partial charge in [0.25, 0.3) is 0 Å². The minimum absolute atomic E-state index is 0.164. The molecule has 21 heavy (non-hydrogen) atoms. The van der Waals surface area contributed by atoms with E-state index in [0.29, 0.717) is 12.6 Å². The van der Waals surface area contributed by atoms with Crippen molar-refractivity contribution in [3.05, 3.63) is 24.3 Å². The van der Waals surface area contributed by atoms with Gasteiger partial charge in [-0.25, -0.2) is 0 Å². The molecule has 2 aliphatic heterocycles. The third kappa shape index (κ3) is 2.97. The maximum Gasteiger partial charge on any atom is 0.247 e. The number of fused-ring (bicyclic) bond motifs is 1. The summed E-state index contributed by atoms with van der Waals surface area (Å²) in [4.78, 5) is 17.0. The van der Waals surface area contributed by atoms with Crippen LogP contribution in [-0.4, -0.2) is 61.5 Å². The van der Waals surface area contributed by atoms with Gasteiger partial charge >= 0.3 is 0 Å². The van der Waals surface area contributed by atoms with Crippen molar-refractivity contribution in [2.45, 2.75) is 24.9 Å². The average molecular weight is 288 g/mol. The molecule has 0 radical (unpaired) electrons. The molecule has 114 valence electrons. The number of benzene rings is 1. The van der Waals surface area contributed by atoms with Gasteiger partial charge in [0.1, 0.15) is 6.04 Å². The molecule has 2 N–H and O–H groups in total. The van der Waals surface area contributed by atoms with Crippen LogP contribution in [0.25, 0.3) is 0 Å². The van der Waals surface area contributed by atoms with E-state index < -0.39 is 0 Å². The lowest BCUT2D eigenvalue weighted by Crippen LogP contribution is -2.51. The molecule has 0 saturated carbocycles. The van der Waals surface area contributed by atoms with E-state index >= 15 is 0 Å². The van der Waals surface area contributed by atoms with E-state index in [0.717, 1.165) is 37.3 Å². The van der Waals surface area contributed by atoms with Crippen LogP contribution in [-0.2, 0) is 4.79 Å². The molecule has 2 aliphatic rings. The fraction of sp³-hybridized carbons (Fsp3) is 0.562. The monoisotopic (exact) mass is 288 g/mol. The van der Waals surface area contributed by atoms with Gasteiger partial charge in [0, 0.05) is 25.7 Å². The number of carbonyl (C=O) groups is 1. The van der Waals surface area contributed by atoms with E-state index in [1.807, 2.05) is 24.3 Å². The molecule has 5 heteroatoms. The summed E-state index contributed by atoms with van der Waals surface area (Å²) in [5.74, 6) is 0.223. The first-order valence-electron chi connectivity index (χ1n) is 7.70. The molecule has 3 rings (SSSR count). The summed E-state index contributed by atoms with van der Waals surface area (Å²) in [7, 11) is 4.13. The van der Waals surface area contributed by atoms with Crippen LogP contribution < -0.4 is 10.6 Å². The Morgan fingerprint density at radius 2 is 2.10 bits per heavy atom. The highest BCUT2D eigenvalue weighted by molar-refractivity contribution is 5.89. The first-order chi connectivity index (χ1) is 10.1. The number of nitrogens with zero attached hydrogens (tertiary/aromatic N) is 2. The average Bonchev–Trinajstić information content (AvgIpc) is 2.93. The number of anilines is 2. The molecule has 2 unspecified atom stereocenters. The molecule has 0 spiro atoms. The Morgan fingerprint density at radius 3 is 2.86 bits per heavy atom. The number of likely N-dealkylation sites (N-methyl/N-ethyl adjacent to an activating group) is 1. The fourth-order valence-corrected chi connectivity index (χ4v) is 3.30. The maximum atomic E-state index is 12.8. The molecule has 2 atom stereocenters. The smallest absolute Gasteiger partial charge is 0.247 e. The quantitative estimate of drug-likeness (QED) is 0.884. The van der Waals surface area contributed by atoms with Crippen molar-refractivity contribution in [2.75, 3.05) is 44.4 Å². The fourth-order valence-electron chi connectivity index (χ4n) is 3.30. The van der Waals surface area contributed by atoms with Gasteiger partial charge in [-0.3, -0.25) is 4.79 Å². The lowest BCUT2D eigenvalue weighted by Gasteiger charge is -2.34. The standard InChI is InChI=1S/C16H24N4O/c1-19(2)11-12-6-5-9-20(12)16(21)15-10-17-13-7-3-4-8-14(13)18-15/h3-4,7-8,12,15,17-18H,5-6,9-11H2,1-2H3. The Kier molecular flexibility index (Phi) is 4.01. The highest BCUT2D eigenvalue weighted by Crippen LogP contribution is 2.27. The van der Waals surface area contributed by atoms with E-state index in [2.05, 4.69) is 34.5 Å². The van der Waals surface area contributed by atoms with Crippen LogP contribution in [0.15, 0.2) is 24.3 Å². The second-order valence-electron chi connectivity index (χ2n) is 6.21. The molecule has 1 amide bonds. The SMILES string of the molecule is CN(C)CC1CCCN1C(=O)C1CNc2ccccc2N1. The summed E-state index contributed by atoms with van der Waals surface area (Å²) in [6.07, 6.45) is 2.22. The van der Waals surface area contributed by atoms with Gasteiger partial charge in [-0.2, -0.15) is 0 Å². The maximum absolute atomic E-state index is 12.8. The van der Waals surface area contributed by atoms with Crippen LogP contribution in [0.2, 0.25) is 0 Å². The highest BCUT2D eigenvalue weighted by Gasteiger charge is 2.34. The lowest BCUT2D eigenvalue weighted by atomic mass is 10.1. The van der Waals surface area contributed by atoms with Gasteiger partial charge in [-0.1, -0.05) is 12.1 Å². The summed E-state index contributed by atoms with van der Waals surface area (Å²) in [5, 5.41) is 6.73. The van der Waals surface area contributed by atoms with E-state index in [-0.39, 0.29) is 11.9 Å². The number of hydrogen-bond donors (Lipinski definition) is 2. The first-order valence-corrected chi connectivity index (χ1v) is 7.70. The second kappa shape index (κ2) is 5.93. The zero-order chi connectivity index (χ0) is 14.8. The summed E-state index contributed by atoms with van der Waals surface area (Å²) in [6, 6.07) is 8.24. The molecule has 2 heterocycles. The lowest BCUT2D eigenvalue weighted by molar-refractivity contribution is -0.132. The van der Waals surface area contributed by atoms with Gasteiger partial charge in [0.2, 0.25) is 5.91 Å². The molecule has 0 aliphatic carbocycles. The Morgan fingerprint density at radius 1 is 1.33 bits per heavy atom. The third-order valence-corrected chi connectivity index (χ3v) is 4.29. The van der Waals surface area contributed by atoms with Crippen LogP contribution >= 0.6 is 0 Å². The number of amides is 1. The predicted molar refractivity (Wildman–Crippen MR) is 85.6 cm³/mol. The van der Waals surface area contributed by atoms with Gasteiger partial charge in [0.15, 0.2) is 0 Å². The van der Waals surface area contributed by atoms with E-state index in [9.17, 15) is 4.79 Å². The number of rotatable bonds is 3. The first kappa shape index (κ1) is 14.2. The van der Waals surface area contributed by atoms with Crippen molar-refractivity contribution in [1.29, 1.82) is 0 Å². The molecule has 0 bridgehead atoms. The highest BCUT2D eigenvalue weighted by atomic mass is 16.2. The van der Waals surface area contributed by atoms with Crippen molar-refractivity contribution in [3.8, 4) is 0 Å². The van der Waals surface area contributed by atoms with Gasteiger partial charge in [-0.05, 0) is 39.1 Å². The molecular formula is C16H24N4O. The van der Waals surface area contributed by atoms with E-state index in [1.54, 1.807) is 0 Å². The Balaban J connectivity index is 1.68. The summed E-state index contributed by atoms with van der Waals surface area (Å²) >= 11 is 0. The molecule has 1 saturated heterocycles. The molecule has 1 aromatic rings. The topological polar surface area (TPSA) is 47.6 Å². The normalized spacial score (nSPS) is 24.4. The van der Waals surface area contributed by atoms with Crippen molar-refractivity contribution < 1.29 is 4.79 Å². The summed E-state index contributed by atoms with van der Waals surface area (Å²) in [5.41, 5.74) is 2.10. The number of likely N-dealkylation sites (tertiary alicyclic amines) is 1. The number of carbonyl (C=O) groups excluding carboxylic acids is 1. The van der Waals surface area contributed by atoms with E-state index in [4.69, 9.17) is 0 Å². The van der Waals surface area contributed by atoms with Gasteiger partial charge in [-0.15, -0.1) is 0 Å². The molecule has 1 fully saturated rings. The summed E-state index contributed by atoms with van der Waals surface area (Å²) < 4.78 is 0. The van der Waals surface area contributed by atoms with Crippen molar-refractivity contribution in [3.63, 3.8) is 0 Å². The Hall–Kier alpha value is -1.75. The zero-order valence-corrected chi connectivity index (χ0v) is 12.8. The Bertz CT molecular complexity index is 517. The van der Waals surface area contributed by atoms with Crippen LogP contribution in [0, 0.1) is 0 Å². The van der Waals surface area contributed by atoms with Crippen molar-refractivity contribution in [2.24, 2.45) is 0 Å². The van der Waals surface area contributed by atoms with Gasteiger partial charge < -0.3 is 20.4 Å². The molecule has 5 nitrogen and oxygen atoms in total. The summed E-state index contributed by atoms with van der Waals surface area (Å²) in [6.45, 7) is 2.49. The van der Waals surface area contributed by atoms with Crippen LogP contribution in [0.1, 0.15) is 12.8 Å². The minimum atomic E-state index is -0.164. The predicted octanol–water partition coefficient (Wildman–Crippen LogP) is 1.45. The minimum Gasteiger partial charge on any atom is -0.381 e. The molecule has 1 aromatic carbocycles. The van der Waals surface area contributed by atoms with E-state index in [1.165, 1.54) is 0 Å². The van der Waals surface area contributed by atoms with Crippen LogP contribution in [0.4, 0.5) is 11.4 Å².